The van der Waals surface area contributed by atoms with Gasteiger partial charge in [0.25, 0.3) is 7.82 Å². The molecule has 0 saturated heterocycles. The molecule has 0 aromatic rings. The van der Waals surface area contributed by atoms with Crippen molar-refractivity contribution in [2.24, 2.45) is 0 Å². The Labute approximate surface area is 65.6 Å². The van der Waals surface area contributed by atoms with Crippen LogP contribution < -0.4 is 4.89 Å². The molecule has 0 saturated carbocycles. The summed E-state index contributed by atoms with van der Waals surface area (Å²) >= 11 is 3.76. The Morgan fingerprint density at radius 2 is 2.20 bits per heavy atom. The van der Waals surface area contributed by atoms with Crippen LogP contribution in [-0.4, -0.2) is 19.0 Å². The van der Waals surface area contributed by atoms with E-state index in [1.54, 1.807) is 6.92 Å². The molecule has 0 spiro atoms. The highest BCUT2D eigenvalue weighted by Gasteiger charge is 2.05. The maximum absolute atomic E-state index is 10.5. The van der Waals surface area contributed by atoms with Gasteiger partial charge in [-0.3, -0.25) is 4.57 Å². The lowest BCUT2D eigenvalue weighted by atomic mass is 10.9. The number of hydrogen-bond donors (Lipinski definition) is 1. The Morgan fingerprint density at radius 1 is 1.60 bits per heavy atom. The maximum atomic E-state index is 10.5. The average Bonchev–Trinajstić information content (AvgIpc) is 1.84. The van der Waals surface area contributed by atoms with E-state index in [9.17, 15) is 9.46 Å². The summed E-state index contributed by atoms with van der Waals surface area (Å²) in [6.07, 6.45) is 0. The lowest BCUT2D eigenvalue weighted by molar-refractivity contribution is -0.224. The van der Waals surface area contributed by atoms with Crippen LogP contribution in [0.25, 0.3) is 0 Å². The molecule has 0 aromatic heterocycles. The lowest BCUT2D eigenvalue weighted by Gasteiger charge is -2.20. The fraction of sp³-hybridized carbons (Fsp3) is 1.00. The first-order chi connectivity index (χ1) is 4.62. The Kier molecular flexibility index (Phi) is 5.39. The first kappa shape index (κ1) is 10.5. The summed E-state index contributed by atoms with van der Waals surface area (Å²) in [6, 6.07) is 0. The second kappa shape index (κ2) is 5.16. The van der Waals surface area contributed by atoms with E-state index in [1.807, 2.05) is 0 Å². The van der Waals surface area contributed by atoms with Gasteiger partial charge < -0.3 is 13.9 Å². The van der Waals surface area contributed by atoms with Crippen molar-refractivity contribution in [3.63, 3.8) is 0 Å². The van der Waals surface area contributed by atoms with E-state index in [0.29, 0.717) is 5.75 Å². The highest BCUT2D eigenvalue weighted by Crippen LogP contribution is 2.37. The summed E-state index contributed by atoms with van der Waals surface area (Å²) in [5.74, 6) is 0.360. The molecule has 0 rings (SSSR count). The molecular weight excluding hydrogens is 175 g/mol. The Bertz CT molecular complexity index is 128. The Hall–Kier alpha value is 0.460. The third-order valence-corrected chi connectivity index (χ3v) is 1.88. The number of rotatable bonds is 5. The molecular formula is C4H10O4PS-. The predicted molar refractivity (Wildman–Crippen MR) is 39.0 cm³/mol. The van der Waals surface area contributed by atoms with Crippen LogP contribution in [0, 0.1) is 0 Å². The van der Waals surface area contributed by atoms with Gasteiger partial charge in [0, 0.05) is 5.75 Å². The first-order valence-corrected chi connectivity index (χ1v) is 4.92. The summed E-state index contributed by atoms with van der Waals surface area (Å²) in [6.45, 7) is 1.74. The first-order valence-electron chi connectivity index (χ1n) is 2.83. The molecule has 62 valence electrons. The number of thiol groups is 1. The van der Waals surface area contributed by atoms with Gasteiger partial charge in [0.2, 0.25) is 0 Å². The molecule has 0 radical (unpaired) electrons. The van der Waals surface area contributed by atoms with Gasteiger partial charge in [0.1, 0.15) is 0 Å². The monoisotopic (exact) mass is 185 g/mol. The van der Waals surface area contributed by atoms with Crippen LogP contribution >= 0.6 is 20.5 Å². The third-order valence-electron chi connectivity index (χ3n) is 0.628. The van der Waals surface area contributed by atoms with E-state index in [0.717, 1.165) is 0 Å². The maximum Gasteiger partial charge on any atom is 0.267 e. The molecule has 0 aliphatic rings. The van der Waals surface area contributed by atoms with Crippen LogP contribution in [0.5, 0.6) is 0 Å². The molecule has 1 unspecified atom stereocenters. The Morgan fingerprint density at radius 3 is 2.60 bits per heavy atom. The zero-order valence-corrected chi connectivity index (χ0v) is 7.44. The lowest BCUT2D eigenvalue weighted by Crippen LogP contribution is -2.09. The van der Waals surface area contributed by atoms with Crippen molar-refractivity contribution in [3.05, 3.63) is 0 Å². The van der Waals surface area contributed by atoms with Gasteiger partial charge in [0.15, 0.2) is 0 Å². The van der Waals surface area contributed by atoms with Crippen LogP contribution in [0.2, 0.25) is 0 Å². The molecule has 0 aromatic carbocycles. The summed E-state index contributed by atoms with van der Waals surface area (Å²) in [7, 11) is -4.01. The Balaban J connectivity index is 3.53. The molecule has 0 amide bonds. The van der Waals surface area contributed by atoms with Crippen LogP contribution in [-0.2, 0) is 13.6 Å². The second-order valence-corrected chi connectivity index (χ2v) is 3.28. The van der Waals surface area contributed by atoms with Crippen molar-refractivity contribution in [2.75, 3.05) is 19.0 Å². The molecule has 0 heterocycles. The fourth-order valence-corrected chi connectivity index (χ4v) is 1.29. The van der Waals surface area contributed by atoms with E-state index in [4.69, 9.17) is 0 Å². The van der Waals surface area contributed by atoms with Gasteiger partial charge in [0.05, 0.1) is 13.2 Å². The quantitative estimate of drug-likeness (QED) is 0.498. The van der Waals surface area contributed by atoms with Crippen molar-refractivity contribution in [3.8, 4) is 0 Å². The van der Waals surface area contributed by atoms with Crippen molar-refractivity contribution in [1.82, 2.24) is 0 Å². The van der Waals surface area contributed by atoms with Gasteiger partial charge in [-0.2, -0.15) is 12.6 Å². The number of hydrogen-bond acceptors (Lipinski definition) is 5. The smallest absolute Gasteiger partial charge is 0.267 e. The fourth-order valence-electron chi connectivity index (χ4n) is 0.348. The van der Waals surface area contributed by atoms with E-state index >= 15 is 0 Å². The summed E-state index contributed by atoms with van der Waals surface area (Å²) in [5, 5.41) is 0. The minimum atomic E-state index is -4.01. The van der Waals surface area contributed by atoms with Crippen molar-refractivity contribution in [2.45, 2.75) is 6.92 Å². The standard InChI is InChI=1S/C4H11O4PS/c1-2-7-9(5,6)8-3-4-10/h10H,2-4H2,1H3,(H,5,6)/p-1. The van der Waals surface area contributed by atoms with Crippen LogP contribution in [0.3, 0.4) is 0 Å². The molecule has 6 heteroatoms. The summed E-state index contributed by atoms with van der Waals surface area (Å²) in [5.41, 5.74) is 0. The summed E-state index contributed by atoms with van der Waals surface area (Å²) in [4.78, 5) is 10.5. The van der Waals surface area contributed by atoms with Crippen LogP contribution in [0.15, 0.2) is 0 Å². The van der Waals surface area contributed by atoms with Crippen molar-refractivity contribution in [1.29, 1.82) is 0 Å². The highest BCUT2D eigenvalue weighted by atomic mass is 32.1. The molecule has 0 bridgehead atoms. The molecule has 1 atom stereocenters. The third kappa shape index (κ3) is 5.26. The summed E-state index contributed by atoms with van der Waals surface area (Å²) < 4.78 is 19.1. The van der Waals surface area contributed by atoms with E-state index in [2.05, 4.69) is 21.7 Å². The van der Waals surface area contributed by atoms with Gasteiger partial charge in [-0.1, -0.05) is 0 Å². The van der Waals surface area contributed by atoms with E-state index in [-0.39, 0.29) is 13.2 Å². The van der Waals surface area contributed by atoms with Gasteiger partial charge in [-0.25, -0.2) is 0 Å². The highest BCUT2D eigenvalue weighted by molar-refractivity contribution is 7.80. The molecule has 10 heavy (non-hydrogen) atoms. The minimum absolute atomic E-state index is 0.0594. The van der Waals surface area contributed by atoms with Gasteiger partial charge in [-0.15, -0.1) is 0 Å². The minimum Gasteiger partial charge on any atom is -0.756 e. The molecule has 0 aliphatic carbocycles. The van der Waals surface area contributed by atoms with Crippen molar-refractivity contribution >= 4 is 20.5 Å². The SMILES string of the molecule is CCOP(=O)([O-])OCCS. The van der Waals surface area contributed by atoms with Gasteiger partial charge in [-0.05, 0) is 6.92 Å². The number of phosphoric acid groups is 1. The zero-order valence-electron chi connectivity index (χ0n) is 5.65. The normalized spacial score (nSPS) is 16.7. The van der Waals surface area contributed by atoms with Crippen molar-refractivity contribution < 1.29 is 18.5 Å². The average molecular weight is 185 g/mol. The second-order valence-electron chi connectivity index (χ2n) is 1.42. The molecule has 4 nitrogen and oxygen atoms in total. The van der Waals surface area contributed by atoms with Crippen LogP contribution in [0.1, 0.15) is 6.92 Å². The predicted octanol–water partition coefficient (Wildman–Crippen LogP) is 0.438. The van der Waals surface area contributed by atoms with Crippen LogP contribution in [0.4, 0.5) is 0 Å². The largest absolute Gasteiger partial charge is 0.756 e. The van der Waals surface area contributed by atoms with E-state index in [1.165, 1.54) is 0 Å². The zero-order chi connectivity index (χ0) is 8.04. The molecule has 0 aliphatic heterocycles. The van der Waals surface area contributed by atoms with E-state index < -0.39 is 7.82 Å². The topological polar surface area (TPSA) is 58.6 Å². The molecule has 0 N–H and O–H groups in total. The number of phosphoric ester groups is 1. The molecule has 0 fully saturated rings. The van der Waals surface area contributed by atoms with Gasteiger partial charge >= 0.3 is 0 Å².